The Balaban J connectivity index is 1.22. The van der Waals surface area contributed by atoms with Crippen LogP contribution in [-0.2, 0) is 25.6 Å². The van der Waals surface area contributed by atoms with E-state index in [1.807, 2.05) is 30.3 Å². The molecule has 10 heteroatoms. The van der Waals surface area contributed by atoms with Crippen LogP contribution in [0.25, 0.3) is 0 Å². The van der Waals surface area contributed by atoms with Crippen LogP contribution in [0.1, 0.15) is 18.4 Å². The van der Waals surface area contributed by atoms with Crippen molar-refractivity contribution >= 4 is 80.2 Å². The lowest BCUT2D eigenvalue weighted by Gasteiger charge is -2.45. The molecule has 8 rings (SSSR count). The molecule has 0 spiro atoms. The lowest BCUT2D eigenvalue weighted by atomic mass is 9.56. The largest absolute Gasteiger partial charge is 0.508 e. The number of fused-ring (bicyclic) bond motifs is 5. The predicted octanol–water partition coefficient (Wildman–Crippen LogP) is 6.00. The predicted molar refractivity (Wildman–Crippen MR) is 182 cm³/mol. The first kappa shape index (κ1) is 28.9. The molecule has 4 amide bonds. The molecule has 3 heterocycles. The highest BCUT2D eigenvalue weighted by atomic mass is 127. The van der Waals surface area contributed by atoms with Crippen LogP contribution in [0, 0.1) is 42.6 Å². The van der Waals surface area contributed by atoms with Gasteiger partial charge >= 0.3 is 0 Å². The van der Waals surface area contributed by atoms with E-state index in [-0.39, 0.29) is 35.3 Å². The van der Waals surface area contributed by atoms with Crippen molar-refractivity contribution in [3.05, 3.63) is 103 Å². The lowest BCUT2D eigenvalue weighted by molar-refractivity contribution is -0.126. The van der Waals surface area contributed by atoms with Crippen molar-refractivity contribution < 1.29 is 29.0 Å². The molecule has 5 aliphatic rings. The van der Waals surface area contributed by atoms with Crippen molar-refractivity contribution in [2.24, 2.45) is 35.5 Å². The number of ether oxygens (including phenoxy) is 1. The summed E-state index contributed by atoms with van der Waals surface area (Å²) in [5, 5.41) is 10.2. The first-order valence-electron chi connectivity index (χ1n) is 14.9. The summed E-state index contributed by atoms with van der Waals surface area (Å²) in [5.41, 5.74) is 3.59. The molecule has 6 unspecified atom stereocenters. The van der Waals surface area contributed by atoms with Gasteiger partial charge < -0.3 is 9.84 Å². The van der Waals surface area contributed by atoms with Crippen LogP contribution in [-0.4, -0.2) is 28.7 Å². The van der Waals surface area contributed by atoms with Crippen LogP contribution in [0.3, 0.4) is 0 Å². The molecular weight excluding hydrogens is 798 g/mol. The Bertz CT molecular complexity index is 1870. The number of benzene rings is 3. The second-order valence-electron chi connectivity index (χ2n) is 12.3. The second kappa shape index (κ2) is 10.8. The zero-order chi connectivity index (χ0) is 31.1. The van der Waals surface area contributed by atoms with Crippen molar-refractivity contribution in [2.75, 3.05) is 9.80 Å². The molecular formula is C35H26I2N2O6. The molecule has 45 heavy (non-hydrogen) atoms. The van der Waals surface area contributed by atoms with E-state index in [1.54, 1.807) is 48.7 Å². The number of hydrogen-bond acceptors (Lipinski definition) is 6. The normalized spacial score (nSPS) is 28.6. The van der Waals surface area contributed by atoms with Gasteiger partial charge in [-0.3, -0.25) is 29.0 Å². The monoisotopic (exact) mass is 824 g/mol. The average Bonchev–Trinajstić information content (AvgIpc) is 3.44. The van der Waals surface area contributed by atoms with E-state index in [2.05, 4.69) is 45.2 Å². The van der Waals surface area contributed by atoms with Crippen molar-refractivity contribution in [1.82, 2.24) is 0 Å². The standard InChI is InChI=1S/C35H26I2N2O6/c36-19-1-5-21(6-2-19)38-32(41)25-11-10-24-26(30(25)34(38)43)15-27-31(35(44)39(33(27)42)22-7-3-20(37)4-8-22)29(24)18-13-17-14-23(40)9-12-28(17)45-16-18/h1-10,12,14,16,25-27,29-31,40H,11,13,15H2. The van der Waals surface area contributed by atoms with E-state index in [1.165, 1.54) is 9.80 Å². The number of phenols is 1. The molecule has 2 saturated heterocycles. The molecule has 1 saturated carbocycles. The van der Waals surface area contributed by atoms with Crippen LogP contribution in [0.5, 0.6) is 11.5 Å². The SMILES string of the molecule is O=C1C2CC=C3C(CC4C(=O)N(c5ccc(I)cc5)C(=O)C4C3C3=COc4ccc(O)cc4C3)C2C(=O)N1c1ccc(I)cc1. The number of aromatic hydroxyl groups is 1. The van der Waals surface area contributed by atoms with Crippen molar-refractivity contribution in [3.63, 3.8) is 0 Å². The highest BCUT2D eigenvalue weighted by molar-refractivity contribution is 14.1. The number of nitrogens with zero attached hydrogens (tertiary/aromatic N) is 2. The summed E-state index contributed by atoms with van der Waals surface area (Å²) < 4.78 is 8.01. The van der Waals surface area contributed by atoms with Crippen LogP contribution < -0.4 is 14.5 Å². The number of phenolic OH excluding ortho intramolecular Hbond substituents is 1. The Morgan fingerprint density at radius 2 is 1.31 bits per heavy atom. The highest BCUT2D eigenvalue weighted by Crippen LogP contribution is 2.58. The van der Waals surface area contributed by atoms with Gasteiger partial charge in [0.25, 0.3) is 0 Å². The molecule has 3 aromatic carbocycles. The molecule has 0 bridgehead atoms. The summed E-state index contributed by atoms with van der Waals surface area (Å²) in [7, 11) is 0. The summed E-state index contributed by atoms with van der Waals surface area (Å²) in [5.74, 6) is -3.67. The molecule has 0 radical (unpaired) electrons. The maximum absolute atomic E-state index is 14.3. The zero-order valence-electron chi connectivity index (χ0n) is 23.7. The number of amides is 4. The molecule has 8 nitrogen and oxygen atoms in total. The first-order valence-corrected chi connectivity index (χ1v) is 17.0. The number of rotatable bonds is 3. The summed E-state index contributed by atoms with van der Waals surface area (Å²) in [6, 6.07) is 19.6. The Morgan fingerprint density at radius 3 is 1.96 bits per heavy atom. The van der Waals surface area contributed by atoms with Crippen LogP contribution >= 0.6 is 45.2 Å². The third-order valence-electron chi connectivity index (χ3n) is 9.99. The number of halogens is 2. The Morgan fingerprint density at radius 1 is 0.711 bits per heavy atom. The molecule has 3 aliphatic heterocycles. The fourth-order valence-corrected chi connectivity index (χ4v) is 8.82. The smallest absolute Gasteiger partial charge is 0.238 e. The van der Waals surface area contributed by atoms with Crippen molar-refractivity contribution in [1.29, 1.82) is 0 Å². The molecule has 0 aromatic heterocycles. The topological polar surface area (TPSA) is 104 Å². The van der Waals surface area contributed by atoms with Crippen LogP contribution in [0.2, 0.25) is 0 Å². The maximum Gasteiger partial charge on any atom is 0.238 e. The van der Waals surface area contributed by atoms with Gasteiger partial charge in [-0.1, -0.05) is 11.6 Å². The van der Waals surface area contributed by atoms with Crippen molar-refractivity contribution in [2.45, 2.75) is 19.3 Å². The number of hydrogen-bond donors (Lipinski definition) is 1. The van der Waals surface area contributed by atoms with Gasteiger partial charge in [0.1, 0.15) is 11.5 Å². The molecule has 2 aliphatic carbocycles. The van der Waals surface area contributed by atoms with Crippen LogP contribution in [0.15, 0.2) is 90.2 Å². The van der Waals surface area contributed by atoms with E-state index in [4.69, 9.17) is 4.74 Å². The fraction of sp³-hybridized carbons (Fsp3) is 0.257. The van der Waals surface area contributed by atoms with E-state index in [0.717, 1.165) is 23.9 Å². The lowest BCUT2D eigenvalue weighted by Crippen LogP contribution is -2.45. The molecule has 3 aromatic rings. The third kappa shape index (κ3) is 4.49. The van der Waals surface area contributed by atoms with Gasteiger partial charge in [-0.15, -0.1) is 0 Å². The quantitative estimate of drug-likeness (QED) is 0.198. The number of imide groups is 2. The maximum atomic E-state index is 14.3. The van der Waals surface area contributed by atoms with Gasteiger partial charge in [0.2, 0.25) is 23.6 Å². The zero-order valence-corrected chi connectivity index (χ0v) is 28.0. The molecule has 226 valence electrons. The number of carbonyl (C=O) groups excluding carboxylic acids is 4. The minimum absolute atomic E-state index is 0.112. The minimum atomic E-state index is -0.677. The summed E-state index contributed by atoms with van der Waals surface area (Å²) in [6.07, 6.45) is 4.82. The Hall–Kier alpha value is -3.52. The fourth-order valence-electron chi connectivity index (χ4n) is 8.10. The number of anilines is 2. The third-order valence-corrected chi connectivity index (χ3v) is 11.4. The first-order chi connectivity index (χ1) is 21.7. The Kier molecular flexibility index (Phi) is 6.93. The Labute approximate surface area is 286 Å². The minimum Gasteiger partial charge on any atom is -0.508 e. The molecule has 6 atom stereocenters. The van der Waals surface area contributed by atoms with E-state index < -0.39 is 29.6 Å². The average molecular weight is 824 g/mol. The summed E-state index contributed by atoms with van der Waals surface area (Å²) >= 11 is 4.37. The van der Waals surface area contributed by atoms with Gasteiger partial charge in [0.05, 0.1) is 41.3 Å². The van der Waals surface area contributed by atoms with Crippen LogP contribution in [0.4, 0.5) is 11.4 Å². The molecule has 3 fully saturated rings. The second-order valence-corrected chi connectivity index (χ2v) is 14.8. The number of allylic oxidation sites excluding steroid dienone is 3. The number of carbonyl (C=O) groups is 4. The van der Waals surface area contributed by atoms with Gasteiger partial charge in [0.15, 0.2) is 0 Å². The van der Waals surface area contributed by atoms with Gasteiger partial charge in [0, 0.05) is 25.0 Å². The van der Waals surface area contributed by atoms with Gasteiger partial charge in [-0.2, -0.15) is 0 Å². The highest BCUT2D eigenvalue weighted by Gasteiger charge is 2.62. The summed E-state index contributed by atoms with van der Waals surface area (Å²) in [4.78, 5) is 59.0. The van der Waals surface area contributed by atoms with E-state index >= 15 is 0 Å². The molecule has 1 N–H and O–H groups in total. The summed E-state index contributed by atoms with van der Waals surface area (Å²) in [6.45, 7) is 0. The van der Waals surface area contributed by atoms with Crippen molar-refractivity contribution in [3.8, 4) is 11.5 Å². The van der Waals surface area contributed by atoms with E-state index in [9.17, 15) is 24.3 Å². The van der Waals surface area contributed by atoms with Gasteiger partial charge in [-0.25, -0.2) is 0 Å². The van der Waals surface area contributed by atoms with E-state index in [0.29, 0.717) is 36.4 Å². The van der Waals surface area contributed by atoms with Gasteiger partial charge in [-0.05, 0) is 136 Å².